The molecule has 14 heavy (non-hydrogen) atoms. The standard InChI is InChI=1S/C11H19NO2.2H2/c1-4-5-10(14)12-7-6-8(2)11(12)9(3)13;;/h8,11H,4-7H2,1-3H3;2*1H. The van der Waals surface area contributed by atoms with Gasteiger partial charge in [0, 0.05) is 15.8 Å². The van der Waals surface area contributed by atoms with Crippen LogP contribution < -0.4 is 0 Å². The van der Waals surface area contributed by atoms with Crippen molar-refractivity contribution in [2.75, 3.05) is 6.54 Å². The molecule has 1 saturated heterocycles. The monoisotopic (exact) mass is 201 g/mol. The molecule has 1 heterocycles. The molecule has 1 aliphatic rings. The summed E-state index contributed by atoms with van der Waals surface area (Å²) in [7, 11) is 0. The van der Waals surface area contributed by atoms with E-state index in [1.54, 1.807) is 11.8 Å². The maximum absolute atomic E-state index is 11.7. The van der Waals surface area contributed by atoms with Crippen LogP contribution in [0.1, 0.15) is 42.9 Å². The van der Waals surface area contributed by atoms with E-state index in [2.05, 4.69) is 0 Å². The van der Waals surface area contributed by atoms with Crippen LogP contribution in [0.25, 0.3) is 0 Å². The summed E-state index contributed by atoms with van der Waals surface area (Å²) in [5, 5.41) is 0. The van der Waals surface area contributed by atoms with E-state index in [0.717, 1.165) is 19.4 Å². The van der Waals surface area contributed by atoms with E-state index in [1.807, 2.05) is 13.8 Å². The number of Topliss-reactive ketones (excluding diaryl/α,β-unsaturated/α-hetero) is 1. The third-order valence-electron chi connectivity index (χ3n) is 2.90. The van der Waals surface area contributed by atoms with Gasteiger partial charge in [0.2, 0.25) is 5.91 Å². The Hall–Kier alpha value is -0.860. The van der Waals surface area contributed by atoms with Crippen LogP contribution in [0.2, 0.25) is 0 Å². The van der Waals surface area contributed by atoms with E-state index >= 15 is 0 Å². The normalized spacial score (nSPS) is 26.6. The van der Waals surface area contributed by atoms with Crippen molar-refractivity contribution in [2.24, 2.45) is 5.92 Å². The second-order valence-corrected chi connectivity index (χ2v) is 4.16. The predicted molar refractivity (Wildman–Crippen MR) is 59.1 cm³/mol. The largest absolute Gasteiger partial charge is 0.332 e. The van der Waals surface area contributed by atoms with Crippen molar-refractivity contribution in [3.8, 4) is 0 Å². The number of amides is 1. The van der Waals surface area contributed by atoms with Crippen molar-refractivity contribution in [3.63, 3.8) is 0 Å². The molecule has 3 heteroatoms. The highest BCUT2D eigenvalue weighted by Gasteiger charge is 2.36. The van der Waals surface area contributed by atoms with Gasteiger partial charge in [0.05, 0.1) is 6.04 Å². The zero-order valence-corrected chi connectivity index (χ0v) is 9.25. The van der Waals surface area contributed by atoms with Gasteiger partial charge < -0.3 is 4.90 Å². The Morgan fingerprint density at radius 3 is 2.64 bits per heavy atom. The highest BCUT2D eigenvalue weighted by molar-refractivity contribution is 5.88. The Kier molecular flexibility index (Phi) is 3.67. The van der Waals surface area contributed by atoms with Gasteiger partial charge in [0.15, 0.2) is 5.78 Å². The SMILES string of the molecule is CCCC(=O)N1CCC(C)C1C(C)=O.[HH].[HH]. The molecule has 1 aliphatic heterocycles. The fourth-order valence-corrected chi connectivity index (χ4v) is 2.20. The lowest BCUT2D eigenvalue weighted by Gasteiger charge is -2.24. The molecule has 0 bridgehead atoms. The van der Waals surface area contributed by atoms with E-state index < -0.39 is 0 Å². The maximum Gasteiger partial charge on any atom is 0.223 e. The quantitative estimate of drug-likeness (QED) is 0.701. The lowest BCUT2D eigenvalue weighted by atomic mass is 10.00. The van der Waals surface area contributed by atoms with Gasteiger partial charge in [-0.2, -0.15) is 0 Å². The summed E-state index contributed by atoms with van der Waals surface area (Å²) in [6, 6.07) is -0.158. The van der Waals surface area contributed by atoms with Crippen LogP contribution in [0.5, 0.6) is 0 Å². The van der Waals surface area contributed by atoms with Gasteiger partial charge in [0.1, 0.15) is 0 Å². The Balaban J connectivity index is 0. The van der Waals surface area contributed by atoms with E-state index in [0.29, 0.717) is 12.3 Å². The Bertz CT molecular complexity index is 246. The summed E-state index contributed by atoms with van der Waals surface area (Å²) >= 11 is 0. The number of hydrogen-bond acceptors (Lipinski definition) is 2. The first-order valence-electron chi connectivity index (χ1n) is 5.37. The number of hydrogen-bond donors (Lipinski definition) is 0. The number of nitrogens with zero attached hydrogens (tertiary/aromatic N) is 1. The molecule has 0 saturated carbocycles. The second kappa shape index (κ2) is 4.58. The molecule has 0 aromatic carbocycles. The van der Waals surface area contributed by atoms with Crippen LogP contribution in [0, 0.1) is 5.92 Å². The molecule has 2 atom stereocenters. The molecule has 1 fully saturated rings. The molecule has 0 spiro atoms. The fourth-order valence-electron chi connectivity index (χ4n) is 2.20. The Morgan fingerprint density at radius 2 is 2.14 bits per heavy atom. The smallest absolute Gasteiger partial charge is 0.223 e. The molecule has 0 aliphatic carbocycles. The van der Waals surface area contributed by atoms with Crippen molar-refractivity contribution >= 4 is 11.7 Å². The average molecular weight is 201 g/mol. The van der Waals surface area contributed by atoms with Gasteiger partial charge >= 0.3 is 0 Å². The molecule has 3 nitrogen and oxygen atoms in total. The summed E-state index contributed by atoms with van der Waals surface area (Å²) in [6.45, 7) is 6.37. The maximum atomic E-state index is 11.7. The molecule has 2 unspecified atom stereocenters. The van der Waals surface area contributed by atoms with Gasteiger partial charge in [-0.3, -0.25) is 9.59 Å². The first-order chi connectivity index (χ1) is 6.57. The summed E-state index contributed by atoms with van der Waals surface area (Å²) in [5.74, 6) is 0.588. The highest BCUT2D eigenvalue weighted by Crippen LogP contribution is 2.25. The second-order valence-electron chi connectivity index (χ2n) is 4.16. The minimum atomic E-state index is -0.158. The number of carbonyl (C=O) groups excluding carboxylic acids is 2. The van der Waals surface area contributed by atoms with Crippen molar-refractivity contribution in [2.45, 2.75) is 46.1 Å². The van der Waals surface area contributed by atoms with Gasteiger partial charge in [-0.05, 0) is 25.7 Å². The number of rotatable bonds is 3. The minimum absolute atomic E-state index is 0. The van der Waals surface area contributed by atoms with Gasteiger partial charge in [-0.15, -0.1) is 0 Å². The molecule has 0 radical (unpaired) electrons. The third-order valence-corrected chi connectivity index (χ3v) is 2.90. The van der Waals surface area contributed by atoms with Gasteiger partial charge in [-0.25, -0.2) is 0 Å². The van der Waals surface area contributed by atoms with E-state index in [-0.39, 0.29) is 20.6 Å². The summed E-state index contributed by atoms with van der Waals surface area (Å²) in [4.78, 5) is 24.8. The van der Waals surface area contributed by atoms with Gasteiger partial charge in [0.25, 0.3) is 0 Å². The Morgan fingerprint density at radius 1 is 1.50 bits per heavy atom. The van der Waals surface area contributed by atoms with Crippen LogP contribution in [0.4, 0.5) is 0 Å². The van der Waals surface area contributed by atoms with Crippen molar-refractivity contribution in [1.82, 2.24) is 4.90 Å². The summed E-state index contributed by atoms with van der Waals surface area (Å²) in [5.41, 5.74) is 0. The Labute approximate surface area is 88.4 Å². The predicted octanol–water partition coefficient (Wildman–Crippen LogP) is 2.10. The van der Waals surface area contributed by atoms with Crippen molar-refractivity contribution < 1.29 is 12.4 Å². The minimum Gasteiger partial charge on any atom is -0.332 e. The van der Waals surface area contributed by atoms with Crippen LogP contribution in [0.15, 0.2) is 0 Å². The molecular weight excluding hydrogens is 178 g/mol. The number of ketones is 1. The lowest BCUT2D eigenvalue weighted by Crippen LogP contribution is -2.41. The first kappa shape index (κ1) is 11.2. The molecular formula is C11H23NO2. The number of carbonyl (C=O) groups is 2. The number of likely N-dealkylation sites (tertiary alicyclic amines) is 1. The van der Waals surface area contributed by atoms with Crippen molar-refractivity contribution in [1.29, 1.82) is 0 Å². The molecule has 0 N–H and O–H groups in total. The summed E-state index contributed by atoms with van der Waals surface area (Å²) < 4.78 is 0. The molecule has 0 aromatic heterocycles. The van der Waals surface area contributed by atoms with E-state index in [1.165, 1.54) is 0 Å². The average Bonchev–Trinajstić information content (AvgIpc) is 2.47. The topological polar surface area (TPSA) is 37.4 Å². The zero-order valence-electron chi connectivity index (χ0n) is 9.25. The zero-order chi connectivity index (χ0) is 10.7. The molecule has 1 rings (SSSR count). The molecule has 1 amide bonds. The fraction of sp³-hybridized carbons (Fsp3) is 0.818. The van der Waals surface area contributed by atoms with E-state index in [9.17, 15) is 9.59 Å². The van der Waals surface area contributed by atoms with Crippen LogP contribution in [-0.4, -0.2) is 29.2 Å². The van der Waals surface area contributed by atoms with Crippen molar-refractivity contribution in [3.05, 3.63) is 0 Å². The first-order valence-corrected chi connectivity index (χ1v) is 5.37. The van der Waals surface area contributed by atoms with Crippen LogP contribution in [-0.2, 0) is 9.59 Å². The molecule has 0 aromatic rings. The molecule has 84 valence electrons. The third kappa shape index (κ3) is 2.14. The van der Waals surface area contributed by atoms with Gasteiger partial charge in [-0.1, -0.05) is 13.8 Å². The van der Waals surface area contributed by atoms with E-state index in [4.69, 9.17) is 0 Å². The highest BCUT2D eigenvalue weighted by atomic mass is 16.2. The summed E-state index contributed by atoms with van der Waals surface area (Å²) in [6.07, 6.45) is 2.38. The lowest BCUT2D eigenvalue weighted by molar-refractivity contribution is -0.137. The van der Waals surface area contributed by atoms with Crippen LogP contribution >= 0.6 is 0 Å². The van der Waals surface area contributed by atoms with Crippen LogP contribution in [0.3, 0.4) is 0 Å².